The number of ether oxygens (including phenoxy) is 3. The van der Waals surface area contributed by atoms with Crippen molar-refractivity contribution in [2.45, 2.75) is 123 Å². The van der Waals surface area contributed by atoms with Crippen molar-refractivity contribution in [1.82, 2.24) is 25.3 Å². The summed E-state index contributed by atoms with van der Waals surface area (Å²) in [5.41, 5.74) is 6.78. The Morgan fingerprint density at radius 2 is 1.58 bits per heavy atom. The number of methoxy groups -OCH3 is 2. The number of likely N-dealkylation sites (tertiary alicyclic amines) is 1. The van der Waals surface area contributed by atoms with Crippen molar-refractivity contribution in [3.63, 3.8) is 0 Å². The highest BCUT2D eigenvalue weighted by Gasteiger charge is 2.47. The molecule has 0 radical (unpaired) electrons. The average Bonchev–Trinajstić information content (AvgIpc) is 3.73. The lowest BCUT2D eigenvalue weighted by atomic mass is 9.77. The highest BCUT2D eigenvalue weighted by atomic mass is 16.6. The summed E-state index contributed by atoms with van der Waals surface area (Å²) in [5, 5.41) is 16.5. The number of hydrogen-bond acceptors (Lipinski definition) is 10. The number of hydrogen-bond donors (Lipinski definition) is 4. The second-order valence-electron chi connectivity index (χ2n) is 16.7. The van der Waals surface area contributed by atoms with E-state index in [4.69, 9.17) is 19.9 Å². The van der Waals surface area contributed by atoms with Crippen LogP contribution in [-0.4, -0.2) is 127 Å². The second kappa shape index (κ2) is 22.8. The topological polar surface area (TPSA) is 193 Å². The molecule has 2 aromatic rings. The van der Waals surface area contributed by atoms with Crippen LogP contribution in [0.5, 0.6) is 0 Å². The van der Waals surface area contributed by atoms with Crippen LogP contribution >= 0.6 is 0 Å². The van der Waals surface area contributed by atoms with Gasteiger partial charge in [-0.15, -0.1) is 0 Å². The van der Waals surface area contributed by atoms with E-state index in [0.717, 1.165) is 12.0 Å². The number of aliphatic hydroxyl groups excluding tert-OH is 1. The minimum atomic E-state index is -0.986. The van der Waals surface area contributed by atoms with Crippen LogP contribution in [0.4, 0.5) is 10.5 Å². The fraction of sp³-hybridized carbons (Fsp3) is 0.622. The highest BCUT2D eigenvalue weighted by Crippen LogP contribution is 2.35. The Morgan fingerprint density at radius 3 is 2.15 bits per heavy atom. The number of nitrogens with one attached hydrogen (secondary N) is 2. The van der Waals surface area contributed by atoms with Crippen LogP contribution in [0.1, 0.15) is 91.4 Å². The zero-order valence-electron chi connectivity index (χ0n) is 37.5. The molecule has 0 bridgehead atoms. The van der Waals surface area contributed by atoms with Gasteiger partial charge in [0.15, 0.2) is 0 Å². The van der Waals surface area contributed by atoms with Crippen molar-refractivity contribution < 1.29 is 43.3 Å². The Kier molecular flexibility index (Phi) is 18.8. The lowest BCUT2D eigenvalue weighted by Gasteiger charge is -2.48. The van der Waals surface area contributed by atoms with Gasteiger partial charge in [0.05, 0.1) is 54.8 Å². The van der Waals surface area contributed by atoms with Gasteiger partial charge in [-0.2, -0.15) is 0 Å². The summed E-state index contributed by atoms with van der Waals surface area (Å²) in [7, 11) is 6.18. The third-order valence-electron chi connectivity index (χ3n) is 12.5. The molecule has 1 aliphatic rings. The van der Waals surface area contributed by atoms with Crippen LogP contribution in [0.25, 0.3) is 0 Å². The minimum absolute atomic E-state index is 0.00112. The number of nitrogen functional groups attached to an aromatic ring is 1. The van der Waals surface area contributed by atoms with Crippen molar-refractivity contribution in [3.8, 4) is 0 Å². The lowest BCUT2D eigenvalue weighted by molar-refractivity contribution is -0.153. The van der Waals surface area contributed by atoms with Gasteiger partial charge in [-0.1, -0.05) is 83.5 Å². The van der Waals surface area contributed by atoms with E-state index >= 15 is 0 Å². The highest BCUT2D eigenvalue weighted by molar-refractivity contribution is 5.90. The summed E-state index contributed by atoms with van der Waals surface area (Å²) in [5.74, 6) is -2.49. The molecule has 9 atom stereocenters. The maximum absolute atomic E-state index is 14.3. The molecule has 0 unspecified atom stereocenters. The van der Waals surface area contributed by atoms with Crippen LogP contribution < -0.4 is 16.4 Å². The van der Waals surface area contributed by atoms with E-state index in [1.807, 2.05) is 39.0 Å². The fourth-order valence-electron chi connectivity index (χ4n) is 8.30. The van der Waals surface area contributed by atoms with Gasteiger partial charge in [0.25, 0.3) is 0 Å². The molecule has 2 aromatic carbocycles. The average molecular weight is 839 g/mol. The van der Waals surface area contributed by atoms with Crippen LogP contribution in [0, 0.1) is 17.8 Å². The SMILES string of the molecule is CC[C@H](C)[C@](C)([C@@H](CC(=O)N1CCC[C@H]1[C@H](OC)[C@@H](C)C(=O)N[C@H](C)[C@@H](O)c1ccccc1)OC)N(C)C(=O)CNC(=O)[C@H](C(C)C)N(C)C(=O)OCc1ccc(N)cc1. The first-order valence-electron chi connectivity index (χ1n) is 21.0. The van der Waals surface area contributed by atoms with E-state index in [1.54, 1.807) is 80.9 Å². The second-order valence-corrected chi connectivity index (χ2v) is 16.7. The number of carbonyl (C=O) groups excluding carboxylic acids is 5. The molecular formula is C45H70N6O9. The molecule has 0 aliphatic carbocycles. The molecule has 3 rings (SSSR count). The van der Waals surface area contributed by atoms with E-state index in [1.165, 1.54) is 26.2 Å². The Hall–Kier alpha value is -4.73. The van der Waals surface area contributed by atoms with E-state index in [-0.39, 0.29) is 49.3 Å². The Bertz CT molecular complexity index is 1710. The molecule has 5 amide bonds. The van der Waals surface area contributed by atoms with Crippen molar-refractivity contribution in [3.05, 3.63) is 65.7 Å². The lowest BCUT2D eigenvalue weighted by Crippen LogP contribution is -2.62. The Labute approximate surface area is 356 Å². The quantitative estimate of drug-likeness (QED) is 0.130. The molecule has 0 spiro atoms. The molecular weight excluding hydrogens is 769 g/mol. The molecule has 334 valence electrons. The third kappa shape index (κ3) is 12.2. The molecule has 5 N–H and O–H groups in total. The molecule has 0 aromatic heterocycles. The van der Waals surface area contributed by atoms with Gasteiger partial charge in [-0.3, -0.25) is 24.1 Å². The van der Waals surface area contributed by atoms with Crippen molar-refractivity contribution in [1.29, 1.82) is 0 Å². The summed E-state index contributed by atoms with van der Waals surface area (Å²) in [6.07, 6.45) is -0.979. The standard InChI is InChI=1S/C45H70N6O9/c1-12-29(4)45(7,50(9)38(53)26-47-43(56)39(28(2)3)49(8)44(57)60-27-32-20-22-34(46)23-21-32)36(58-10)25-37(52)51-24-16-19-35(51)41(59-11)30(5)42(55)48-31(6)40(54)33-17-14-13-15-18-33/h13-15,17-18,20-23,28-31,35-36,39-41,54H,12,16,19,24-27,46H2,1-11H3,(H,47,56)(H,48,55)/t29-,30+,31+,35-,36+,39-,40+,41+,45+/m0/s1. The number of amides is 5. The molecule has 15 heteroatoms. The number of anilines is 1. The van der Waals surface area contributed by atoms with Crippen LogP contribution in [0.3, 0.4) is 0 Å². The number of nitrogens with zero attached hydrogens (tertiary/aromatic N) is 3. The molecule has 1 aliphatic heterocycles. The largest absolute Gasteiger partial charge is 0.445 e. The van der Waals surface area contributed by atoms with Gasteiger partial charge in [-0.25, -0.2) is 4.79 Å². The van der Waals surface area contributed by atoms with Gasteiger partial charge in [0.1, 0.15) is 12.6 Å². The number of aliphatic hydroxyl groups is 1. The van der Waals surface area contributed by atoms with Crippen LogP contribution in [0.2, 0.25) is 0 Å². The first-order valence-corrected chi connectivity index (χ1v) is 21.0. The van der Waals surface area contributed by atoms with Crippen molar-refractivity contribution in [2.75, 3.05) is 47.1 Å². The summed E-state index contributed by atoms with van der Waals surface area (Å²) in [4.78, 5) is 72.9. The summed E-state index contributed by atoms with van der Waals surface area (Å²) >= 11 is 0. The normalized spacial score (nSPS) is 18.6. The van der Waals surface area contributed by atoms with E-state index in [2.05, 4.69) is 10.6 Å². The van der Waals surface area contributed by atoms with Gasteiger partial charge < -0.3 is 45.5 Å². The molecule has 1 fully saturated rings. The minimum Gasteiger partial charge on any atom is -0.445 e. The number of nitrogens with two attached hydrogens (primary N) is 1. The zero-order valence-corrected chi connectivity index (χ0v) is 37.5. The smallest absolute Gasteiger partial charge is 0.410 e. The van der Waals surface area contributed by atoms with Gasteiger partial charge in [-0.05, 0) is 61.8 Å². The fourth-order valence-corrected chi connectivity index (χ4v) is 8.30. The molecule has 1 heterocycles. The van der Waals surface area contributed by atoms with Gasteiger partial charge in [0, 0.05) is 40.5 Å². The molecule has 1 saturated heterocycles. The van der Waals surface area contributed by atoms with E-state index in [0.29, 0.717) is 30.6 Å². The Balaban J connectivity index is 1.70. The summed E-state index contributed by atoms with van der Waals surface area (Å²) in [6, 6.07) is 14.2. The maximum atomic E-state index is 14.3. The predicted molar refractivity (Wildman–Crippen MR) is 230 cm³/mol. The maximum Gasteiger partial charge on any atom is 0.410 e. The third-order valence-corrected chi connectivity index (χ3v) is 12.5. The number of rotatable bonds is 21. The Morgan fingerprint density at radius 1 is 0.950 bits per heavy atom. The molecule has 15 nitrogen and oxygen atoms in total. The summed E-state index contributed by atoms with van der Waals surface area (Å²) < 4.78 is 17.4. The number of benzene rings is 2. The van der Waals surface area contributed by atoms with Gasteiger partial charge in [0.2, 0.25) is 23.6 Å². The predicted octanol–water partition coefficient (Wildman–Crippen LogP) is 4.53. The molecule has 60 heavy (non-hydrogen) atoms. The van der Waals surface area contributed by atoms with Crippen molar-refractivity contribution in [2.24, 2.45) is 17.8 Å². The number of likely N-dealkylation sites (N-methyl/N-ethyl adjacent to an activating group) is 2. The first-order chi connectivity index (χ1) is 28.3. The monoisotopic (exact) mass is 839 g/mol. The zero-order chi connectivity index (χ0) is 44.9. The summed E-state index contributed by atoms with van der Waals surface area (Å²) in [6.45, 7) is 13.1. The first kappa shape index (κ1) is 49.6. The van der Waals surface area contributed by atoms with Crippen molar-refractivity contribution >= 4 is 35.4 Å². The van der Waals surface area contributed by atoms with E-state index < -0.39 is 59.8 Å². The van der Waals surface area contributed by atoms with Crippen LogP contribution in [-0.2, 0) is 40.0 Å². The molecule has 0 saturated carbocycles. The number of carbonyl (C=O) groups is 5. The van der Waals surface area contributed by atoms with Gasteiger partial charge >= 0.3 is 6.09 Å². The van der Waals surface area contributed by atoms with E-state index in [9.17, 15) is 29.1 Å². The van der Waals surface area contributed by atoms with Crippen LogP contribution in [0.15, 0.2) is 54.6 Å².